The summed E-state index contributed by atoms with van der Waals surface area (Å²) in [7, 11) is 0. The van der Waals surface area contributed by atoms with Gasteiger partial charge in [-0.1, -0.05) is 39.5 Å². The molecule has 0 saturated carbocycles. The van der Waals surface area contributed by atoms with Gasteiger partial charge in [-0.2, -0.15) is 0 Å². The van der Waals surface area contributed by atoms with Crippen LogP contribution in [0.15, 0.2) is 0 Å². The first-order valence-electron chi connectivity index (χ1n) is 7.61. The fourth-order valence-electron chi connectivity index (χ4n) is 2.42. The minimum absolute atomic E-state index is 0.550. The molecule has 1 N–H and O–H groups in total. The Balaban J connectivity index is 1.72. The van der Waals surface area contributed by atoms with Gasteiger partial charge in [0.1, 0.15) is 0 Å². The monoisotopic (exact) mass is 241 g/mol. The van der Waals surface area contributed by atoms with Crippen molar-refractivity contribution in [3.05, 3.63) is 0 Å². The van der Waals surface area contributed by atoms with Crippen molar-refractivity contribution in [2.75, 3.05) is 19.7 Å². The molecule has 1 unspecified atom stereocenters. The third-order valence-electron chi connectivity index (χ3n) is 3.55. The average molecular weight is 241 g/mol. The van der Waals surface area contributed by atoms with E-state index in [2.05, 4.69) is 19.2 Å². The number of nitrogens with one attached hydrogen (secondary N) is 1. The molecular weight excluding hydrogens is 210 g/mol. The van der Waals surface area contributed by atoms with Crippen molar-refractivity contribution in [3.63, 3.8) is 0 Å². The van der Waals surface area contributed by atoms with Crippen LogP contribution in [-0.4, -0.2) is 25.8 Å². The molecule has 2 nitrogen and oxygen atoms in total. The maximum atomic E-state index is 5.59. The highest BCUT2D eigenvalue weighted by molar-refractivity contribution is 4.65. The molecule has 0 radical (unpaired) electrons. The van der Waals surface area contributed by atoms with Crippen molar-refractivity contribution < 1.29 is 4.74 Å². The highest BCUT2D eigenvalue weighted by atomic mass is 16.5. The lowest BCUT2D eigenvalue weighted by molar-refractivity contribution is 0.104. The van der Waals surface area contributed by atoms with E-state index < -0.39 is 0 Å². The van der Waals surface area contributed by atoms with Gasteiger partial charge in [-0.05, 0) is 44.7 Å². The van der Waals surface area contributed by atoms with Gasteiger partial charge in [-0.25, -0.2) is 0 Å². The number of hydrogen-bond acceptors (Lipinski definition) is 2. The Labute approximate surface area is 108 Å². The number of rotatable bonds is 10. The smallest absolute Gasteiger partial charge is 0.0588 e. The number of ether oxygens (including phenoxy) is 1. The quantitative estimate of drug-likeness (QED) is 0.588. The van der Waals surface area contributed by atoms with Gasteiger partial charge in [0.05, 0.1) is 6.10 Å². The Hall–Kier alpha value is -0.0800. The van der Waals surface area contributed by atoms with Gasteiger partial charge >= 0.3 is 0 Å². The zero-order chi connectivity index (χ0) is 12.3. The van der Waals surface area contributed by atoms with Crippen molar-refractivity contribution in [3.8, 4) is 0 Å². The Morgan fingerprint density at radius 2 is 1.94 bits per heavy atom. The van der Waals surface area contributed by atoms with E-state index in [1.165, 1.54) is 57.9 Å². The Kier molecular flexibility index (Phi) is 8.72. The topological polar surface area (TPSA) is 21.3 Å². The average Bonchev–Trinajstić information content (AvgIpc) is 2.79. The molecule has 0 aromatic carbocycles. The summed E-state index contributed by atoms with van der Waals surface area (Å²) in [5.74, 6) is 0.875. The SMILES string of the molecule is CC(C)CCCCCCNCCC1CCCO1. The standard InChI is InChI=1S/C15H31NO/c1-14(2)8-5-3-4-6-11-16-12-10-15-9-7-13-17-15/h14-16H,3-13H2,1-2H3. The molecule has 1 saturated heterocycles. The number of unbranched alkanes of at least 4 members (excludes halogenated alkanes) is 3. The lowest BCUT2D eigenvalue weighted by Crippen LogP contribution is -2.21. The highest BCUT2D eigenvalue weighted by Gasteiger charge is 2.13. The first kappa shape index (κ1) is 15.0. The van der Waals surface area contributed by atoms with Crippen LogP contribution in [0.3, 0.4) is 0 Å². The van der Waals surface area contributed by atoms with E-state index in [-0.39, 0.29) is 0 Å². The summed E-state index contributed by atoms with van der Waals surface area (Å²) in [5, 5.41) is 3.53. The van der Waals surface area contributed by atoms with Crippen molar-refractivity contribution in [1.82, 2.24) is 5.32 Å². The van der Waals surface area contributed by atoms with Crippen LogP contribution in [-0.2, 0) is 4.74 Å². The summed E-state index contributed by atoms with van der Waals surface area (Å²) in [4.78, 5) is 0. The molecule has 1 atom stereocenters. The lowest BCUT2D eigenvalue weighted by Gasteiger charge is -2.10. The molecule has 1 fully saturated rings. The summed E-state index contributed by atoms with van der Waals surface area (Å²) in [6.45, 7) is 7.94. The second kappa shape index (κ2) is 9.90. The third-order valence-corrected chi connectivity index (χ3v) is 3.55. The molecule has 0 amide bonds. The molecule has 17 heavy (non-hydrogen) atoms. The van der Waals surface area contributed by atoms with E-state index >= 15 is 0 Å². The fraction of sp³-hybridized carbons (Fsp3) is 1.00. The first-order chi connectivity index (χ1) is 8.29. The van der Waals surface area contributed by atoms with Crippen LogP contribution in [0.5, 0.6) is 0 Å². The van der Waals surface area contributed by atoms with E-state index in [0.717, 1.165) is 19.1 Å². The van der Waals surface area contributed by atoms with Gasteiger partial charge in [-0.15, -0.1) is 0 Å². The Bertz CT molecular complexity index is 164. The van der Waals surface area contributed by atoms with Crippen LogP contribution in [0.1, 0.15) is 65.2 Å². The van der Waals surface area contributed by atoms with Crippen molar-refractivity contribution in [1.29, 1.82) is 0 Å². The van der Waals surface area contributed by atoms with Crippen molar-refractivity contribution in [2.45, 2.75) is 71.3 Å². The van der Waals surface area contributed by atoms with E-state index in [0.29, 0.717) is 6.10 Å². The minimum Gasteiger partial charge on any atom is -0.378 e. The number of hydrogen-bond donors (Lipinski definition) is 1. The fourth-order valence-corrected chi connectivity index (χ4v) is 2.42. The summed E-state index contributed by atoms with van der Waals surface area (Å²) < 4.78 is 5.59. The summed E-state index contributed by atoms with van der Waals surface area (Å²) in [6.07, 6.45) is 11.2. The summed E-state index contributed by atoms with van der Waals surface area (Å²) in [5.41, 5.74) is 0. The van der Waals surface area contributed by atoms with Gasteiger partial charge in [0.2, 0.25) is 0 Å². The van der Waals surface area contributed by atoms with Crippen LogP contribution >= 0.6 is 0 Å². The van der Waals surface area contributed by atoms with Crippen molar-refractivity contribution >= 4 is 0 Å². The molecule has 0 aromatic rings. The zero-order valence-corrected chi connectivity index (χ0v) is 11.8. The Morgan fingerprint density at radius 1 is 1.12 bits per heavy atom. The molecule has 1 heterocycles. The summed E-state index contributed by atoms with van der Waals surface area (Å²) >= 11 is 0. The molecule has 2 heteroatoms. The predicted octanol–water partition coefficient (Wildman–Crippen LogP) is 3.75. The highest BCUT2D eigenvalue weighted by Crippen LogP contribution is 2.14. The molecule has 0 spiro atoms. The summed E-state index contributed by atoms with van der Waals surface area (Å²) in [6, 6.07) is 0. The normalized spacial score (nSPS) is 20.3. The van der Waals surface area contributed by atoms with E-state index in [4.69, 9.17) is 4.74 Å². The van der Waals surface area contributed by atoms with Gasteiger partial charge in [0, 0.05) is 6.61 Å². The minimum atomic E-state index is 0.550. The van der Waals surface area contributed by atoms with E-state index in [1.807, 2.05) is 0 Å². The van der Waals surface area contributed by atoms with Gasteiger partial charge in [0.25, 0.3) is 0 Å². The largest absolute Gasteiger partial charge is 0.378 e. The predicted molar refractivity (Wildman–Crippen MR) is 74.4 cm³/mol. The molecule has 1 aliphatic rings. The second-order valence-electron chi connectivity index (χ2n) is 5.77. The van der Waals surface area contributed by atoms with Crippen LogP contribution < -0.4 is 5.32 Å². The van der Waals surface area contributed by atoms with Gasteiger partial charge in [0.15, 0.2) is 0 Å². The van der Waals surface area contributed by atoms with Crippen LogP contribution in [0, 0.1) is 5.92 Å². The molecule has 0 aromatic heterocycles. The van der Waals surface area contributed by atoms with E-state index in [1.54, 1.807) is 0 Å². The van der Waals surface area contributed by atoms with Crippen LogP contribution in [0.25, 0.3) is 0 Å². The van der Waals surface area contributed by atoms with Crippen molar-refractivity contribution in [2.24, 2.45) is 5.92 Å². The lowest BCUT2D eigenvalue weighted by atomic mass is 10.0. The van der Waals surface area contributed by atoms with Gasteiger partial charge < -0.3 is 10.1 Å². The zero-order valence-electron chi connectivity index (χ0n) is 11.8. The molecule has 102 valence electrons. The van der Waals surface area contributed by atoms with Crippen LogP contribution in [0.4, 0.5) is 0 Å². The molecule has 1 aliphatic heterocycles. The molecule has 0 bridgehead atoms. The molecular formula is C15H31NO. The first-order valence-corrected chi connectivity index (χ1v) is 7.61. The Morgan fingerprint density at radius 3 is 2.65 bits per heavy atom. The maximum absolute atomic E-state index is 5.59. The van der Waals surface area contributed by atoms with E-state index in [9.17, 15) is 0 Å². The second-order valence-corrected chi connectivity index (χ2v) is 5.77. The van der Waals surface area contributed by atoms with Crippen LogP contribution in [0.2, 0.25) is 0 Å². The third kappa shape index (κ3) is 8.62. The van der Waals surface area contributed by atoms with Gasteiger partial charge in [-0.3, -0.25) is 0 Å². The molecule has 1 rings (SSSR count). The maximum Gasteiger partial charge on any atom is 0.0588 e. The molecule has 0 aliphatic carbocycles.